The number of alkyl halides is 4. The van der Waals surface area contributed by atoms with Gasteiger partial charge in [-0.1, -0.05) is 6.42 Å². The molecule has 2 unspecified atom stereocenters. The highest BCUT2D eigenvalue weighted by Crippen LogP contribution is 2.39. The van der Waals surface area contributed by atoms with Crippen molar-refractivity contribution in [3.8, 4) is 0 Å². The lowest BCUT2D eigenvalue weighted by atomic mass is 9.95. The molecule has 2 rings (SSSR count). The van der Waals surface area contributed by atoms with Crippen LogP contribution < -0.4 is 5.32 Å². The van der Waals surface area contributed by atoms with Gasteiger partial charge in [-0.15, -0.1) is 0 Å². The number of rotatable bonds is 2. The molecule has 0 spiro atoms. The Morgan fingerprint density at radius 3 is 2.65 bits per heavy atom. The molecule has 2 atom stereocenters. The van der Waals surface area contributed by atoms with Crippen LogP contribution in [0.5, 0.6) is 0 Å². The van der Waals surface area contributed by atoms with E-state index < -0.39 is 24.0 Å². The largest absolute Gasteiger partial charge is 0.417 e. The van der Waals surface area contributed by atoms with Crippen LogP contribution in [0.2, 0.25) is 0 Å². The molecule has 0 amide bonds. The van der Waals surface area contributed by atoms with Crippen LogP contribution in [0.3, 0.4) is 0 Å². The van der Waals surface area contributed by atoms with Gasteiger partial charge in [-0.2, -0.15) is 24.5 Å². The van der Waals surface area contributed by atoms with Crippen LogP contribution in [0, 0.1) is 0 Å². The predicted octanol–water partition coefficient (Wildman–Crippen LogP) is 3.92. The predicted molar refractivity (Wildman–Crippen MR) is 58.8 cm³/mol. The number of halogens is 4. The summed E-state index contributed by atoms with van der Waals surface area (Å²) in [6, 6.07) is -0.487. The first kappa shape index (κ1) is 12.8. The van der Waals surface area contributed by atoms with Gasteiger partial charge < -0.3 is 5.32 Å². The van der Waals surface area contributed by atoms with Gasteiger partial charge in [0.25, 0.3) is 0 Å². The third kappa shape index (κ3) is 2.80. The van der Waals surface area contributed by atoms with Crippen molar-refractivity contribution < 1.29 is 17.6 Å². The number of piperidine rings is 1. The van der Waals surface area contributed by atoms with Gasteiger partial charge in [-0.05, 0) is 24.8 Å². The Bertz CT molecular complexity index is 368. The lowest BCUT2D eigenvalue weighted by Gasteiger charge is -2.27. The normalized spacial score (nSPS) is 23.6. The maximum Gasteiger partial charge on any atom is 0.417 e. The van der Waals surface area contributed by atoms with Gasteiger partial charge in [-0.3, -0.25) is 0 Å². The molecule has 0 aliphatic carbocycles. The number of thiophene rings is 1. The number of hydrogen-bond donors (Lipinski definition) is 1. The van der Waals surface area contributed by atoms with Crippen molar-refractivity contribution in [2.45, 2.75) is 37.7 Å². The molecule has 96 valence electrons. The van der Waals surface area contributed by atoms with Crippen molar-refractivity contribution in [1.29, 1.82) is 0 Å². The van der Waals surface area contributed by atoms with Crippen LogP contribution in [-0.4, -0.2) is 12.6 Å². The van der Waals surface area contributed by atoms with Crippen LogP contribution in [0.15, 0.2) is 10.8 Å². The number of nitrogens with one attached hydrogen (secondary N) is 1. The van der Waals surface area contributed by atoms with E-state index in [1.807, 2.05) is 0 Å². The summed E-state index contributed by atoms with van der Waals surface area (Å²) in [5.41, 5.74) is -1.05. The van der Waals surface area contributed by atoms with E-state index >= 15 is 0 Å². The highest BCUT2D eigenvalue weighted by atomic mass is 32.1. The smallest absolute Gasteiger partial charge is 0.311 e. The zero-order valence-corrected chi connectivity index (χ0v) is 9.87. The SMILES string of the molecule is FC(c1cscc1C(F)(F)F)C1CCCCN1. The van der Waals surface area contributed by atoms with Gasteiger partial charge in [0.05, 0.1) is 5.56 Å². The van der Waals surface area contributed by atoms with Gasteiger partial charge >= 0.3 is 6.18 Å². The second-order valence-corrected chi connectivity index (χ2v) is 4.94. The minimum Gasteiger partial charge on any atom is -0.311 e. The molecular formula is C11H13F4NS. The van der Waals surface area contributed by atoms with E-state index in [-0.39, 0.29) is 5.56 Å². The molecule has 6 heteroatoms. The fraction of sp³-hybridized carbons (Fsp3) is 0.636. The summed E-state index contributed by atoms with van der Waals surface area (Å²) in [5.74, 6) is 0. The molecule has 1 N–H and O–H groups in total. The average molecular weight is 267 g/mol. The quantitative estimate of drug-likeness (QED) is 0.801. The standard InChI is InChI=1S/C11H13F4NS/c12-10(9-3-1-2-4-16-9)7-5-17-6-8(7)11(13,14)15/h5-6,9-10,16H,1-4H2. The lowest BCUT2D eigenvalue weighted by molar-refractivity contribution is -0.138. The first-order valence-electron chi connectivity index (χ1n) is 5.51. The summed E-state index contributed by atoms with van der Waals surface area (Å²) in [6.45, 7) is 0.677. The van der Waals surface area contributed by atoms with Crippen molar-refractivity contribution in [2.75, 3.05) is 6.54 Å². The van der Waals surface area contributed by atoms with Gasteiger partial charge in [0.1, 0.15) is 6.17 Å². The molecule has 0 saturated carbocycles. The third-order valence-corrected chi connectivity index (χ3v) is 3.76. The van der Waals surface area contributed by atoms with Crippen molar-refractivity contribution in [3.63, 3.8) is 0 Å². The van der Waals surface area contributed by atoms with E-state index in [9.17, 15) is 17.6 Å². The maximum absolute atomic E-state index is 14.1. The monoisotopic (exact) mass is 267 g/mol. The average Bonchev–Trinajstić information content (AvgIpc) is 2.78. The molecule has 1 aromatic rings. The van der Waals surface area contributed by atoms with Crippen LogP contribution in [0.1, 0.15) is 36.6 Å². The molecule has 17 heavy (non-hydrogen) atoms. The lowest BCUT2D eigenvalue weighted by Crippen LogP contribution is -2.37. The first-order valence-corrected chi connectivity index (χ1v) is 6.45. The molecule has 0 bridgehead atoms. The first-order chi connectivity index (χ1) is 8.00. The zero-order valence-electron chi connectivity index (χ0n) is 9.06. The molecule has 0 radical (unpaired) electrons. The molecule has 2 heterocycles. The fourth-order valence-electron chi connectivity index (χ4n) is 2.10. The van der Waals surface area contributed by atoms with Crippen LogP contribution in [0.25, 0.3) is 0 Å². The summed E-state index contributed by atoms with van der Waals surface area (Å²) >= 11 is 0.898. The Labute approximate surface area is 101 Å². The van der Waals surface area contributed by atoms with Crippen LogP contribution in [-0.2, 0) is 6.18 Å². The second-order valence-electron chi connectivity index (χ2n) is 4.20. The Morgan fingerprint density at radius 2 is 2.06 bits per heavy atom. The Hall–Kier alpha value is -0.620. The van der Waals surface area contributed by atoms with Crippen molar-refractivity contribution >= 4 is 11.3 Å². The summed E-state index contributed by atoms with van der Waals surface area (Å²) < 4.78 is 52.0. The molecular weight excluding hydrogens is 254 g/mol. The van der Waals surface area contributed by atoms with E-state index in [4.69, 9.17) is 0 Å². The van der Waals surface area contributed by atoms with Crippen molar-refractivity contribution in [1.82, 2.24) is 5.32 Å². The highest BCUT2D eigenvalue weighted by molar-refractivity contribution is 7.08. The van der Waals surface area contributed by atoms with E-state index in [2.05, 4.69) is 5.32 Å². The van der Waals surface area contributed by atoms with E-state index in [1.165, 1.54) is 5.38 Å². The summed E-state index contributed by atoms with van der Waals surface area (Å²) in [6.07, 6.45) is -3.62. The Morgan fingerprint density at radius 1 is 1.29 bits per heavy atom. The molecule has 0 aromatic carbocycles. The maximum atomic E-state index is 14.1. The van der Waals surface area contributed by atoms with E-state index in [0.29, 0.717) is 13.0 Å². The second kappa shape index (κ2) is 4.94. The summed E-state index contributed by atoms with van der Waals surface area (Å²) in [4.78, 5) is 0. The minimum absolute atomic E-state index is 0.220. The fourth-order valence-corrected chi connectivity index (χ4v) is 2.97. The summed E-state index contributed by atoms with van der Waals surface area (Å²) in [5, 5.41) is 5.19. The van der Waals surface area contributed by atoms with Crippen molar-refractivity contribution in [3.05, 3.63) is 21.9 Å². The molecule has 1 saturated heterocycles. The minimum atomic E-state index is -4.46. The molecule has 1 fully saturated rings. The molecule has 1 aromatic heterocycles. The van der Waals surface area contributed by atoms with Gasteiger partial charge in [-0.25, -0.2) is 4.39 Å². The van der Waals surface area contributed by atoms with Crippen LogP contribution >= 0.6 is 11.3 Å². The third-order valence-electron chi connectivity index (χ3n) is 3.00. The highest BCUT2D eigenvalue weighted by Gasteiger charge is 2.38. The topological polar surface area (TPSA) is 12.0 Å². The van der Waals surface area contributed by atoms with Crippen LogP contribution in [0.4, 0.5) is 17.6 Å². The molecule has 1 aliphatic rings. The number of hydrogen-bond acceptors (Lipinski definition) is 2. The summed E-state index contributed by atoms with van der Waals surface area (Å²) in [7, 11) is 0. The van der Waals surface area contributed by atoms with E-state index in [1.54, 1.807) is 0 Å². The Balaban J connectivity index is 2.18. The van der Waals surface area contributed by atoms with E-state index in [0.717, 1.165) is 29.6 Å². The van der Waals surface area contributed by atoms with Gasteiger partial charge in [0, 0.05) is 17.0 Å². The van der Waals surface area contributed by atoms with Gasteiger partial charge in [0.2, 0.25) is 0 Å². The molecule has 1 aliphatic heterocycles. The van der Waals surface area contributed by atoms with Crippen molar-refractivity contribution in [2.24, 2.45) is 0 Å². The molecule has 1 nitrogen and oxygen atoms in total. The van der Waals surface area contributed by atoms with Gasteiger partial charge in [0.15, 0.2) is 0 Å². The Kier molecular flexibility index (Phi) is 3.73. The zero-order chi connectivity index (χ0) is 12.5.